The first-order valence-corrected chi connectivity index (χ1v) is 6.30. The quantitative estimate of drug-likeness (QED) is 0.748. The van der Waals surface area contributed by atoms with Crippen LogP contribution in [0, 0.1) is 11.3 Å². The smallest absolute Gasteiger partial charge is 0.287 e. The van der Waals surface area contributed by atoms with E-state index in [9.17, 15) is 9.59 Å². The lowest BCUT2D eigenvalue weighted by Gasteiger charge is -2.39. The van der Waals surface area contributed by atoms with E-state index in [0.717, 1.165) is 13.1 Å². The molecule has 0 radical (unpaired) electrons. The van der Waals surface area contributed by atoms with Crippen LogP contribution in [0.2, 0.25) is 0 Å². The molecule has 0 unspecified atom stereocenters. The second-order valence-corrected chi connectivity index (χ2v) is 5.80. The van der Waals surface area contributed by atoms with Crippen LogP contribution in [0.3, 0.4) is 0 Å². The third-order valence-corrected chi connectivity index (χ3v) is 3.85. The molecular formula is C13H24N2O2. The minimum absolute atomic E-state index is 0.0619. The zero-order chi connectivity index (χ0) is 13.1. The van der Waals surface area contributed by atoms with Crippen molar-refractivity contribution in [1.29, 1.82) is 0 Å². The number of hydrogen-bond donors (Lipinski definition) is 1. The largest absolute Gasteiger partial charge is 0.349 e. The summed E-state index contributed by atoms with van der Waals surface area (Å²) in [5, 5.41) is 2.73. The number of carbonyl (C=O) groups is 2. The number of nitrogens with one attached hydrogen (secondary N) is 1. The highest BCUT2D eigenvalue weighted by atomic mass is 16.2. The maximum absolute atomic E-state index is 11.3. The molecule has 0 saturated carbocycles. The van der Waals surface area contributed by atoms with Crippen LogP contribution in [0.1, 0.15) is 33.6 Å². The molecule has 0 spiro atoms. The van der Waals surface area contributed by atoms with Gasteiger partial charge in [-0.05, 0) is 44.3 Å². The molecular weight excluding hydrogens is 216 g/mol. The first-order chi connectivity index (χ1) is 7.83. The van der Waals surface area contributed by atoms with Crippen LogP contribution >= 0.6 is 0 Å². The minimum atomic E-state index is -0.467. The van der Waals surface area contributed by atoms with Crippen LogP contribution in [0.4, 0.5) is 0 Å². The van der Waals surface area contributed by atoms with Crippen molar-refractivity contribution in [2.75, 3.05) is 26.7 Å². The maximum atomic E-state index is 11.3. The van der Waals surface area contributed by atoms with E-state index in [1.807, 2.05) is 0 Å². The van der Waals surface area contributed by atoms with Gasteiger partial charge >= 0.3 is 0 Å². The molecule has 17 heavy (non-hydrogen) atoms. The Morgan fingerprint density at radius 2 is 1.82 bits per heavy atom. The molecule has 0 atom stereocenters. The summed E-state index contributed by atoms with van der Waals surface area (Å²) < 4.78 is 0. The molecule has 0 aliphatic carbocycles. The van der Waals surface area contributed by atoms with Crippen molar-refractivity contribution >= 4 is 11.7 Å². The van der Waals surface area contributed by atoms with Crippen molar-refractivity contribution in [2.45, 2.75) is 33.6 Å². The van der Waals surface area contributed by atoms with E-state index in [2.05, 4.69) is 31.1 Å². The Bertz CT molecular complexity index is 292. The third kappa shape index (κ3) is 4.11. The fraction of sp³-hybridized carbons (Fsp3) is 0.846. The molecule has 1 saturated heterocycles. The molecule has 4 nitrogen and oxygen atoms in total. The highest BCUT2D eigenvalue weighted by molar-refractivity contribution is 6.35. The van der Waals surface area contributed by atoms with Gasteiger partial charge in [-0.25, -0.2) is 0 Å². The molecule has 0 aromatic carbocycles. The average Bonchev–Trinajstić information content (AvgIpc) is 2.26. The molecule has 0 aromatic rings. The predicted octanol–water partition coefficient (Wildman–Crippen LogP) is 1.06. The Labute approximate surface area is 104 Å². The van der Waals surface area contributed by atoms with E-state index in [4.69, 9.17) is 0 Å². The summed E-state index contributed by atoms with van der Waals surface area (Å²) in [6.45, 7) is 8.47. The second kappa shape index (κ2) is 5.63. The standard InChI is InChI=1S/C13H24N2O2/c1-10(16)12(17)14-9-13(2,3)11-5-7-15(4)8-6-11/h11H,5-9H2,1-4H3,(H,14,17). The lowest BCUT2D eigenvalue weighted by atomic mass is 9.73. The maximum Gasteiger partial charge on any atom is 0.287 e. The molecule has 1 fully saturated rings. The highest BCUT2D eigenvalue weighted by Gasteiger charge is 2.32. The summed E-state index contributed by atoms with van der Waals surface area (Å²) in [6, 6.07) is 0. The molecule has 98 valence electrons. The molecule has 1 heterocycles. The molecule has 4 heteroatoms. The molecule has 1 N–H and O–H groups in total. The Morgan fingerprint density at radius 1 is 1.29 bits per heavy atom. The molecule has 1 aliphatic heterocycles. The normalized spacial score (nSPS) is 19.1. The van der Waals surface area contributed by atoms with Crippen LogP contribution in [-0.4, -0.2) is 43.3 Å². The third-order valence-electron chi connectivity index (χ3n) is 3.85. The molecule has 1 rings (SSSR count). The fourth-order valence-electron chi connectivity index (χ4n) is 2.37. The van der Waals surface area contributed by atoms with Crippen molar-refractivity contribution in [3.63, 3.8) is 0 Å². The van der Waals surface area contributed by atoms with Crippen molar-refractivity contribution < 1.29 is 9.59 Å². The number of amides is 1. The Hall–Kier alpha value is -0.900. The van der Waals surface area contributed by atoms with E-state index in [1.165, 1.54) is 19.8 Å². The number of ketones is 1. The van der Waals surface area contributed by atoms with Crippen molar-refractivity contribution in [3.8, 4) is 0 Å². The van der Waals surface area contributed by atoms with E-state index in [1.54, 1.807) is 0 Å². The molecule has 1 amide bonds. The zero-order valence-electron chi connectivity index (χ0n) is 11.4. The van der Waals surface area contributed by atoms with E-state index < -0.39 is 11.7 Å². The number of piperidine rings is 1. The van der Waals surface area contributed by atoms with Crippen LogP contribution in [-0.2, 0) is 9.59 Å². The zero-order valence-corrected chi connectivity index (χ0v) is 11.4. The predicted molar refractivity (Wildman–Crippen MR) is 67.7 cm³/mol. The van der Waals surface area contributed by atoms with Crippen LogP contribution in [0.15, 0.2) is 0 Å². The van der Waals surface area contributed by atoms with Crippen LogP contribution in [0.25, 0.3) is 0 Å². The van der Waals surface area contributed by atoms with Gasteiger partial charge in [-0.2, -0.15) is 0 Å². The number of carbonyl (C=O) groups excluding carboxylic acids is 2. The van der Waals surface area contributed by atoms with Gasteiger partial charge in [0.1, 0.15) is 0 Å². The summed E-state index contributed by atoms with van der Waals surface area (Å²) in [7, 11) is 2.14. The molecule has 0 aromatic heterocycles. The Morgan fingerprint density at radius 3 is 2.29 bits per heavy atom. The van der Waals surface area contributed by atoms with Crippen molar-refractivity contribution in [3.05, 3.63) is 0 Å². The molecule has 1 aliphatic rings. The number of Topliss-reactive ketones (excluding diaryl/α,β-unsaturated/α-hetero) is 1. The lowest BCUT2D eigenvalue weighted by Crippen LogP contribution is -2.44. The fourth-order valence-corrected chi connectivity index (χ4v) is 2.37. The monoisotopic (exact) mass is 240 g/mol. The Balaban J connectivity index is 2.45. The van der Waals surface area contributed by atoms with Gasteiger partial charge in [0.25, 0.3) is 5.91 Å². The van der Waals surface area contributed by atoms with Gasteiger partial charge < -0.3 is 10.2 Å². The van der Waals surface area contributed by atoms with Gasteiger partial charge in [0, 0.05) is 13.5 Å². The van der Waals surface area contributed by atoms with Gasteiger partial charge in [-0.3, -0.25) is 9.59 Å². The summed E-state index contributed by atoms with van der Waals surface area (Å²) in [4.78, 5) is 24.5. The van der Waals surface area contributed by atoms with Gasteiger partial charge in [0.05, 0.1) is 0 Å². The first-order valence-electron chi connectivity index (χ1n) is 6.30. The Kier molecular flexibility index (Phi) is 4.69. The summed E-state index contributed by atoms with van der Waals surface area (Å²) in [5.74, 6) is -0.263. The minimum Gasteiger partial charge on any atom is -0.349 e. The van der Waals surface area contributed by atoms with E-state index in [-0.39, 0.29) is 5.41 Å². The van der Waals surface area contributed by atoms with Crippen LogP contribution in [0.5, 0.6) is 0 Å². The van der Waals surface area contributed by atoms with E-state index >= 15 is 0 Å². The number of nitrogens with zero attached hydrogens (tertiary/aromatic N) is 1. The highest BCUT2D eigenvalue weighted by Crippen LogP contribution is 2.34. The second-order valence-electron chi connectivity index (χ2n) is 5.80. The van der Waals surface area contributed by atoms with Crippen molar-refractivity contribution in [2.24, 2.45) is 11.3 Å². The van der Waals surface area contributed by atoms with Crippen molar-refractivity contribution in [1.82, 2.24) is 10.2 Å². The average molecular weight is 240 g/mol. The van der Waals surface area contributed by atoms with Crippen LogP contribution < -0.4 is 5.32 Å². The van der Waals surface area contributed by atoms with Gasteiger partial charge in [-0.1, -0.05) is 13.8 Å². The lowest BCUT2D eigenvalue weighted by molar-refractivity contribution is -0.137. The van der Waals surface area contributed by atoms with Gasteiger partial charge in [-0.15, -0.1) is 0 Å². The van der Waals surface area contributed by atoms with E-state index in [0.29, 0.717) is 12.5 Å². The van der Waals surface area contributed by atoms with Gasteiger partial charge in [0.15, 0.2) is 0 Å². The first kappa shape index (κ1) is 14.2. The molecule has 0 bridgehead atoms. The summed E-state index contributed by atoms with van der Waals surface area (Å²) in [5.41, 5.74) is 0.0619. The topological polar surface area (TPSA) is 49.4 Å². The number of likely N-dealkylation sites (tertiary alicyclic amines) is 1. The van der Waals surface area contributed by atoms with Gasteiger partial charge in [0.2, 0.25) is 5.78 Å². The number of rotatable bonds is 4. The number of hydrogen-bond acceptors (Lipinski definition) is 3. The SMILES string of the molecule is CC(=O)C(=O)NCC(C)(C)C1CCN(C)CC1. The summed E-state index contributed by atoms with van der Waals surface area (Å²) in [6.07, 6.45) is 2.33. The summed E-state index contributed by atoms with van der Waals surface area (Å²) >= 11 is 0.